The third kappa shape index (κ3) is 3.06. The molecule has 9 heteroatoms. The second kappa shape index (κ2) is 7.22. The molecule has 2 aliphatic heterocycles. The number of anilines is 1. The first kappa shape index (κ1) is 19.5. The molecule has 1 fully saturated rings. The Hall–Kier alpha value is -1.81. The number of hydrogen-bond donors (Lipinski definition) is 0. The van der Waals surface area contributed by atoms with Crippen LogP contribution in [0.4, 0.5) is 5.69 Å². The van der Waals surface area contributed by atoms with Crippen LogP contribution >= 0.6 is 47.1 Å². The molecular formula is C19H17N3O2S4. The number of nitrogens with zero attached hydrogens (tertiary/aromatic N) is 3. The Bertz CT molecular complexity index is 1240. The molecule has 2 aromatic rings. The fraction of sp³-hybridized carbons (Fsp3) is 0.211. The molecule has 144 valence electrons. The molecular weight excluding hydrogens is 430 g/mol. The largest absolute Gasteiger partial charge is 0.338 e. The van der Waals surface area contributed by atoms with Gasteiger partial charge in [0, 0.05) is 26.0 Å². The summed E-state index contributed by atoms with van der Waals surface area (Å²) in [6, 6.07) is 8.22. The summed E-state index contributed by atoms with van der Waals surface area (Å²) in [6.45, 7) is 1.94. The van der Waals surface area contributed by atoms with Gasteiger partial charge < -0.3 is 9.47 Å². The number of hydrogen-bond acceptors (Lipinski definition) is 7. The highest BCUT2D eigenvalue weighted by Gasteiger charge is 2.31. The van der Waals surface area contributed by atoms with Crippen LogP contribution in [0.25, 0.3) is 10.5 Å². The van der Waals surface area contributed by atoms with E-state index in [4.69, 9.17) is 12.2 Å². The van der Waals surface area contributed by atoms with Gasteiger partial charge in [0.25, 0.3) is 11.5 Å². The molecule has 0 N–H and O–H groups in total. The highest BCUT2D eigenvalue weighted by atomic mass is 32.2. The summed E-state index contributed by atoms with van der Waals surface area (Å²) in [7, 11) is 5.38. The minimum atomic E-state index is -0.157. The summed E-state index contributed by atoms with van der Waals surface area (Å²) in [5, 5.41) is 1.07. The number of thiocarbonyl (C=S) groups is 1. The number of amides is 1. The lowest BCUT2D eigenvalue weighted by Crippen LogP contribution is -2.31. The van der Waals surface area contributed by atoms with Crippen LogP contribution < -0.4 is 19.7 Å². The molecule has 0 unspecified atom stereocenters. The predicted octanol–water partition coefficient (Wildman–Crippen LogP) is 2.30. The third-order valence-corrected chi connectivity index (χ3v) is 8.84. The Kier molecular flexibility index (Phi) is 5.03. The first-order chi connectivity index (χ1) is 13.3. The van der Waals surface area contributed by atoms with Gasteiger partial charge in [0.05, 0.1) is 15.2 Å². The number of allylic oxidation sites excluding steroid dienone is 1. The molecule has 0 radical (unpaired) electrons. The van der Waals surface area contributed by atoms with Gasteiger partial charge in [-0.05, 0) is 30.7 Å². The first-order valence-corrected chi connectivity index (χ1v) is 11.3. The minimum absolute atomic E-state index is 0.0983. The number of carbonyl (C=O) groups excluding carboxylic acids is 1. The number of para-hydroxylation sites is 1. The number of thiazole rings is 1. The fourth-order valence-corrected chi connectivity index (χ4v) is 6.58. The van der Waals surface area contributed by atoms with Crippen LogP contribution in [0, 0.1) is 0 Å². The maximum atomic E-state index is 12.9. The lowest BCUT2D eigenvalue weighted by Gasteiger charge is -2.13. The van der Waals surface area contributed by atoms with Crippen LogP contribution in [-0.4, -0.2) is 33.8 Å². The number of fused-ring (bicyclic) bond motifs is 1. The highest BCUT2D eigenvalue weighted by molar-refractivity contribution is 8.30. The average molecular weight is 448 g/mol. The normalized spacial score (nSPS) is 21.1. The van der Waals surface area contributed by atoms with E-state index in [1.807, 2.05) is 32.2 Å². The number of aromatic nitrogens is 1. The predicted molar refractivity (Wildman–Crippen MR) is 123 cm³/mol. The van der Waals surface area contributed by atoms with E-state index in [-0.39, 0.29) is 11.5 Å². The molecule has 0 aliphatic carbocycles. The molecule has 0 spiro atoms. The Balaban J connectivity index is 1.85. The van der Waals surface area contributed by atoms with Crippen molar-refractivity contribution >= 4 is 73.5 Å². The van der Waals surface area contributed by atoms with E-state index in [2.05, 4.69) is 17.0 Å². The van der Waals surface area contributed by atoms with Crippen LogP contribution in [0.1, 0.15) is 6.92 Å². The summed E-state index contributed by atoms with van der Waals surface area (Å²) < 4.78 is 3.34. The van der Waals surface area contributed by atoms with Crippen molar-refractivity contribution in [2.24, 2.45) is 7.05 Å². The van der Waals surface area contributed by atoms with Crippen molar-refractivity contribution in [3.63, 3.8) is 0 Å². The maximum Gasteiger partial charge on any atom is 0.269 e. The summed E-state index contributed by atoms with van der Waals surface area (Å²) in [5.41, 5.74) is 1.94. The van der Waals surface area contributed by atoms with Gasteiger partial charge in [0.15, 0.2) is 0 Å². The van der Waals surface area contributed by atoms with Crippen molar-refractivity contribution in [2.45, 2.75) is 11.8 Å². The van der Waals surface area contributed by atoms with E-state index in [1.165, 1.54) is 32.9 Å². The zero-order valence-electron chi connectivity index (χ0n) is 15.7. The second-order valence-corrected chi connectivity index (χ2v) is 10.2. The second-order valence-electron chi connectivity index (χ2n) is 6.46. The van der Waals surface area contributed by atoms with E-state index in [0.717, 1.165) is 16.3 Å². The topological polar surface area (TPSA) is 45.5 Å². The summed E-state index contributed by atoms with van der Waals surface area (Å²) in [5.74, 6) is -0.157. The molecule has 3 heterocycles. The molecule has 1 amide bonds. The lowest BCUT2D eigenvalue weighted by atomic mass is 10.3. The minimum Gasteiger partial charge on any atom is -0.338 e. The fourth-order valence-electron chi connectivity index (χ4n) is 2.97. The van der Waals surface area contributed by atoms with Gasteiger partial charge in [-0.25, -0.2) is 0 Å². The standard InChI is InChI=1S/C19H17N3O2S4/c1-10(9-13-20(2)11-7-5-6-8-12(11)26-13)14-16(23)21(3)18(27-14)15-17(24)22(4)19(25)28-15/h5-9H,1-4H3/b13-9+,14-10-,18-15-. The Morgan fingerprint density at radius 2 is 1.79 bits per heavy atom. The highest BCUT2D eigenvalue weighted by Crippen LogP contribution is 2.45. The number of rotatable bonds is 1. The van der Waals surface area contributed by atoms with E-state index in [0.29, 0.717) is 18.4 Å². The SMILES string of the molecule is CC(/C=C1/Sc2ccccc2N1C)=c1/s/c(=C2\SC(=S)N(C)C2=O)n(C)c1=O. The zero-order valence-corrected chi connectivity index (χ0v) is 18.9. The van der Waals surface area contributed by atoms with Gasteiger partial charge in [-0.15, -0.1) is 11.3 Å². The van der Waals surface area contributed by atoms with Gasteiger partial charge in [-0.1, -0.05) is 47.9 Å². The van der Waals surface area contributed by atoms with Gasteiger partial charge in [0.1, 0.15) is 13.9 Å². The first-order valence-electron chi connectivity index (χ1n) is 8.43. The summed E-state index contributed by atoms with van der Waals surface area (Å²) >= 11 is 9.49. The molecule has 4 rings (SSSR count). The molecule has 1 aromatic carbocycles. The molecule has 0 bridgehead atoms. The van der Waals surface area contributed by atoms with Gasteiger partial charge in [0.2, 0.25) is 0 Å². The monoisotopic (exact) mass is 447 g/mol. The van der Waals surface area contributed by atoms with Crippen molar-refractivity contribution in [1.29, 1.82) is 0 Å². The van der Waals surface area contributed by atoms with E-state index in [9.17, 15) is 9.59 Å². The van der Waals surface area contributed by atoms with Crippen LogP contribution in [0.15, 0.2) is 45.1 Å². The summed E-state index contributed by atoms with van der Waals surface area (Å²) in [6.07, 6.45) is 2.03. The Morgan fingerprint density at radius 3 is 2.43 bits per heavy atom. The van der Waals surface area contributed by atoms with Crippen molar-refractivity contribution < 1.29 is 4.79 Å². The summed E-state index contributed by atoms with van der Waals surface area (Å²) in [4.78, 5) is 30.6. The number of thioether (sulfide) groups is 2. The van der Waals surface area contributed by atoms with Crippen molar-refractivity contribution in [3.05, 3.63) is 54.9 Å². The molecule has 1 saturated heterocycles. The van der Waals surface area contributed by atoms with Gasteiger partial charge >= 0.3 is 0 Å². The molecule has 28 heavy (non-hydrogen) atoms. The molecule has 0 atom stereocenters. The lowest BCUT2D eigenvalue weighted by molar-refractivity contribution is -0.119. The van der Waals surface area contributed by atoms with E-state index in [1.54, 1.807) is 30.4 Å². The third-order valence-electron chi connectivity index (χ3n) is 4.63. The number of benzene rings is 1. The average Bonchev–Trinajstić information content (AvgIpc) is 3.24. The van der Waals surface area contributed by atoms with Crippen LogP contribution in [0.3, 0.4) is 0 Å². The Morgan fingerprint density at radius 1 is 1.07 bits per heavy atom. The van der Waals surface area contributed by atoms with Crippen molar-refractivity contribution in [1.82, 2.24) is 9.47 Å². The zero-order chi connectivity index (χ0) is 20.2. The molecule has 2 aliphatic rings. The van der Waals surface area contributed by atoms with Gasteiger partial charge in [-0.3, -0.25) is 14.5 Å². The van der Waals surface area contributed by atoms with Crippen molar-refractivity contribution in [2.75, 3.05) is 19.0 Å². The Labute approximate surface area is 180 Å². The maximum absolute atomic E-state index is 12.9. The van der Waals surface area contributed by atoms with Crippen LogP contribution in [0.5, 0.6) is 0 Å². The van der Waals surface area contributed by atoms with E-state index >= 15 is 0 Å². The van der Waals surface area contributed by atoms with Crippen molar-refractivity contribution in [3.8, 4) is 0 Å². The van der Waals surface area contributed by atoms with Crippen LogP contribution in [0.2, 0.25) is 0 Å². The molecule has 5 nitrogen and oxygen atoms in total. The van der Waals surface area contributed by atoms with Gasteiger partial charge in [-0.2, -0.15) is 0 Å². The smallest absolute Gasteiger partial charge is 0.269 e. The van der Waals surface area contributed by atoms with E-state index < -0.39 is 0 Å². The van der Waals surface area contributed by atoms with Crippen LogP contribution in [-0.2, 0) is 11.8 Å². The quantitative estimate of drug-likeness (QED) is 0.625. The molecule has 0 saturated carbocycles. The number of carbonyl (C=O) groups is 1. The molecule has 1 aromatic heterocycles.